The molecule has 1 fully saturated rings. The van der Waals surface area contributed by atoms with Crippen LogP contribution in [-0.4, -0.2) is 23.2 Å². The first-order chi connectivity index (χ1) is 15.8. The molecule has 0 aromatic heterocycles. The second kappa shape index (κ2) is 10.2. The second-order valence-corrected chi connectivity index (χ2v) is 9.02. The molecule has 2 aromatic carbocycles. The van der Waals surface area contributed by atoms with Crippen LogP contribution in [0, 0.1) is 17.7 Å². The van der Waals surface area contributed by atoms with E-state index in [1.165, 1.54) is 12.1 Å². The Morgan fingerprint density at radius 2 is 1.76 bits per heavy atom. The first-order valence-electron chi connectivity index (χ1n) is 10.6. The van der Waals surface area contributed by atoms with Crippen LogP contribution in [0.1, 0.15) is 60.5 Å². The molecule has 34 heavy (non-hydrogen) atoms. The molecule has 0 saturated heterocycles. The van der Waals surface area contributed by atoms with E-state index in [0.717, 1.165) is 31.0 Å². The summed E-state index contributed by atoms with van der Waals surface area (Å²) >= 11 is 5.85. The minimum atomic E-state index is -4.90. The van der Waals surface area contributed by atoms with Crippen LogP contribution in [0.25, 0.3) is 0 Å². The lowest BCUT2D eigenvalue weighted by atomic mass is 9.88. The number of hydrogen-bond acceptors (Lipinski definition) is 4. The van der Waals surface area contributed by atoms with Crippen LogP contribution in [-0.2, 0) is 11.4 Å². The van der Waals surface area contributed by atoms with Gasteiger partial charge in [-0.25, -0.2) is 4.39 Å². The molecule has 0 amide bonds. The van der Waals surface area contributed by atoms with Gasteiger partial charge in [0.1, 0.15) is 23.9 Å². The quantitative estimate of drug-likeness (QED) is 0.287. The molecule has 10 heteroatoms. The van der Waals surface area contributed by atoms with Gasteiger partial charge in [0.15, 0.2) is 5.78 Å². The Morgan fingerprint density at radius 1 is 1.12 bits per heavy atom. The normalized spacial score (nSPS) is 14.7. The number of aliphatic carboxylic acids is 1. The Bertz CT molecular complexity index is 1080. The first-order valence-corrected chi connectivity index (χ1v) is 11.0. The van der Waals surface area contributed by atoms with Crippen LogP contribution < -0.4 is 9.47 Å². The summed E-state index contributed by atoms with van der Waals surface area (Å²) in [6, 6.07) is 5.89. The number of halogens is 5. The minimum absolute atomic E-state index is 0.00436. The number of ketones is 1. The van der Waals surface area contributed by atoms with E-state index in [1.807, 2.05) is 0 Å². The maximum atomic E-state index is 14.9. The van der Waals surface area contributed by atoms with E-state index in [0.29, 0.717) is 11.1 Å². The second-order valence-electron chi connectivity index (χ2n) is 8.58. The number of carboxylic acid groups (broad SMARTS) is 1. The molecule has 184 valence electrons. The Morgan fingerprint density at radius 3 is 2.32 bits per heavy atom. The molecule has 0 bridgehead atoms. The highest BCUT2D eigenvalue weighted by Crippen LogP contribution is 2.43. The van der Waals surface area contributed by atoms with E-state index < -0.39 is 35.6 Å². The molecule has 0 heterocycles. The number of carboxylic acids is 1. The molecule has 0 unspecified atom stereocenters. The third-order valence-electron chi connectivity index (χ3n) is 5.55. The van der Waals surface area contributed by atoms with Gasteiger partial charge in [0.2, 0.25) is 0 Å². The Hall–Kier alpha value is -2.81. The van der Waals surface area contributed by atoms with Crippen LogP contribution >= 0.6 is 11.6 Å². The molecule has 0 radical (unpaired) electrons. The predicted octanol–water partition coefficient (Wildman–Crippen LogP) is 6.76. The number of alkyl halides is 3. The predicted molar refractivity (Wildman–Crippen MR) is 116 cm³/mol. The van der Waals surface area contributed by atoms with Gasteiger partial charge in [-0.2, -0.15) is 0 Å². The van der Waals surface area contributed by atoms with Crippen LogP contribution in [0.3, 0.4) is 0 Å². The van der Waals surface area contributed by atoms with Crippen LogP contribution in [0.2, 0.25) is 5.02 Å². The van der Waals surface area contributed by atoms with Crippen LogP contribution in [0.4, 0.5) is 17.6 Å². The van der Waals surface area contributed by atoms with E-state index >= 15 is 0 Å². The van der Waals surface area contributed by atoms with Crippen molar-refractivity contribution < 1.29 is 41.7 Å². The summed E-state index contributed by atoms with van der Waals surface area (Å²) in [6.07, 6.45) is -3.57. The molecule has 1 aliphatic carbocycles. The van der Waals surface area contributed by atoms with Gasteiger partial charge in [-0.3, -0.25) is 9.59 Å². The number of benzene rings is 2. The third kappa shape index (κ3) is 6.85. The summed E-state index contributed by atoms with van der Waals surface area (Å²) < 4.78 is 61.8. The zero-order valence-corrected chi connectivity index (χ0v) is 19.2. The van der Waals surface area contributed by atoms with Crippen LogP contribution in [0.15, 0.2) is 30.3 Å². The summed E-state index contributed by atoms with van der Waals surface area (Å²) in [6.45, 7) is 3.19. The topological polar surface area (TPSA) is 72.8 Å². The fraction of sp³-hybridized carbons (Fsp3) is 0.417. The third-order valence-corrected chi connectivity index (χ3v) is 5.76. The lowest BCUT2D eigenvalue weighted by Gasteiger charge is -2.17. The highest BCUT2D eigenvalue weighted by Gasteiger charge is 2.32. The summed E-state index contributed by atoms with van der Waals surface area (Å²) in [5.74, 6) is -4.23. The van der Waals surface area contributed by atoms with E-state index in [9.17, 15) is 32.3 Å². The molecule has 1 aliphatic rings. The number of ether oxygens (including phenoxy) is 2. The molecule has 5 nitrogen and oxygen atoms in total. The molecule has 1 atom stereocenters. The molecule has 0 aliphatic heterocycles. The SMILES string of the molecule is CC(C)[C@H](CC(=O)c1cc(C2CC2)c(COc2cc(Cl)cc(OC(F)(F)F)c2)cc1F)C(=O)O. The highest BCUT2D eigenvalue weighted by molar-refractivity contribution is 6.30. The van der Waals surface area contributed by atoms with Crippen LogP contribution in [0.5, 0.6) is 11.5 Å². The molecule has 0 spiro atoms. The van der Waals surface area contributed by atoms with Crippen molar-refractivity contribution >= 4 is 23.4 Å². The van der Waals surface area contributed by atoms with E-state index in [1.54, 1.807) is 13.8 Å². The summed E-state index contributed by atoms with van der Waals surface area (Å²) in [7, 11) is 0. The van der Waals surface area contributed by atoms with Crippen molar-refractivity contribution in [1.29, 1.82) is 0 Å². The largest absolute Gasteiger partial charge is 0.573 e. The zero-order valence-electron chi connectivity index (χ0n) is 18.4. The summed E-state index contributed by atoms with van der Waals surface area (Å²) in [5.41, 5.74) is 0.949. The van der Waals surface area contributed by atoms with Gasteiger partial charge in [-0.1, -0.05) is 25.4 Å². The van der Waals surface area contributed by atoms with Crippen molar-refractivity contribution in [3.8, 4) is 11.5 Å². The van der Waals surface area contributed by atoms with Gasteiger partial charge < -0.3 is 14.6 Å². The minimum Gasteiger partial charge on any atom is -0.489 e. The maximum Gasteiger partial charge on any atom is 0.573 e. The first kappa shape index (κ1) is 25.8. The van der Waals surface area contributed by atoms with Crippen molar-refractivity contribution in [1.82, 2.24) is 0 Å². The van der Waals surface area contributed by atoms with Gasteiger partial charge >= 0.3 is 12.3 Å². The van der Waals surface area contributed by atoms with E-state index in [2.05, 4.69) is 4.74 Å². The molecule has 1 saturated carbocycles. The Kier molecular flexibility index (Phi) is 7.75. The molecule has 3 rings (SSSR count). The lowest BCUT2D eigenvalue weighted by molar-refractivity contribution is -0.274. The van der Waals surface area contributed by atoms with Crippen molar-refractivity contribution in [3.05, 3.63) is 57.9 Å². The highest BCUT2D eigenvalue weighted by atomic mass is 35.5. The van der Waals surface area contributed by atoms with Crippen molar-refractivity contribution in [2.24, 2.45) is 11.8 Å². The van der Waals surface area contributed by atoms with Gasteiger partial charge in [0.05, 0.1) is 11.5 Å². The fourth-order valence-electron chi connectivity index (χ4n) is 3.64. The zero-order chi connectivity index (χ0) is 25.2. The monoisotopic (exact) mass is 502 g/mol. The van der Waals surface area contributed by atoms with Gasteiger partial charge in [-0.15, -0.1) is 13.2 Å². The maximum absolute atomic E-state index is 14.9. The van der Waals surface area contributed by atoms with Gasteiger partial charge in [0.25, 0.3) is 0 Å². The molecule has 2 aromatic rings. The van der Waals surface area contributed by atoms with E-state index in [-0.39, 0.29) is 41.2 Å². The summed E-state index contributed by atoms with van der Waals surface area (Å²) in [4.78, 5) is 24.1. The molecule has 1 N–H and O–H groups in total. The van der Waals surface area contributed by atoms with Gasteiger partial charge in [0, 0.05) is 17.5 Å². The van der Waals surface area contributed by atoms with Crippen molar-refractivity contribution in [2.45, 2.75) is 52.0 Å². The summed E-state index contributed by atoms with van der Waals surface area (Å²) in [5, 5.41) is 9.30. The van der Waals surface area contributed by atoms with E-state index in [4.69, 9.17) is 16.3 Å². The number of hydrogen-bond donors (Lipinski definition) is 1. The fourth-order valence-corrected chi connectivity index (χ4v) is 3.85. The Balaban J connectivity index is 1.82. The number of carbonyl (C=O) groups excluding carboxylic acids is 1. The smallest absolute Gasteiger partial charge is 0.489 e. The standard InChI is InChI=1S/C24H23ClF4O5/c1-12(2)18(23(31)32)10-22(30)20-9-19(13-3-4-13)14(5-21(20)26)11-33-16-6-15(25)7-17(8-16)34-24(27,28)29/h5-9,12-13,18H,3-4,10-11H2,1-2H3,(H,31,32)/t18-/m0/s1. The van der Waals surface area contributed by atoms with Crippen molar-refractivity contribution in [3.63, 3.8) is 0 Å². The average Bonchev–Trinajstić information content (AvgIpc) is 3.53. The van der Waals surface area contributed by atoms with Gasteiger partial charge in [-0.05, 0) is 60.1 Å². The lowest BCUT2D eigenvalue weighted by Crippen LogP contribution is -2.23. The number of rotatable bonds is 10. The molecular weight excluding hydrogens is 480 g/mol. The number of Topliss-reactive ketones (excluding diaryl/α,β-unsaturated/α-hetero) is 1. The number of carbonyl (C=O) groups is 2. The Labute approximate surface area is 198 Å². The van der Waals surface area contributed by atoms with Crippen molar-refractivity contribution in [2.75, 3.05) is 0 Å². The average molecular weight is 503 g/mol. The molecular formula is C24H23ClF4O5.